The highest BCUT2D eigenvalue weighted by Gasteiger charge is 2.51. The second-order valence-corrected chi connectivity index (χ2v) is 9.80. The smallest absolute Gasteiger partial charge is 0.267 e. The molecule has 3 amide bonds. The molecular formula is C28H29F3N4O5. The lowest BCUT2D eigenvalue weighted by Crippen LogP contribution is -2.56. The van der Waals surface area contributed by atoms with Crippen LogP contribution >= 0.6 is 0 Å². The fourth-order valence-corrected chi connectivity index (χ4v) is 4.74. The third-order valence-electron chi connectivity index (χ3n) is 6.72. The van der Waals surface area contributed by atoms with Gasteiger partial charge in [0.25, 0.3) is 17.7 Å². The maximum Gasteiger partial charge on any atom is 0.267 e. The van der Waals surface area contributed by atoms with Crippen molar-refractivity contribution in [1.82, 2.24) is 20.7 Å². The van der Waals surface area contributed by atoms with E-state index in [1.54, 1.807) is 43.3 Å². The van der Waals surface area contributed by atoms with Gasteiger partial charge in [0.2, 0.25) is 5.91 Å². The summed E-state index contributed by atoms with van der Waals surface area (Å²) < 4.78 is 47.5. The van der Waals surface area contributed by atoms with Gasteiger partial charge in [-0.1, -0.05) is 47.6 Å². The van der Waals surface area contributed by atoms with Crippen molar-refractivity contribution in [2.24, 2.45) is 0 Å². The second kappa shape index (κ2) is 11.9. The Balaban J connectivity index is 1.54. The van der Waals surface area contributed by atoms with Crippen LogP contribution in [0.4, 0.5) is 13.2 Å². The summed E-state index contributed by atoms with van der Waals surface area (Å²) >= 11 is 0. The van der Waals surface area contributed by atoms with E-state index >= 15 is 0 Å². The van der Waals surface area contributed by atoms with Crippen LogP contribution in [0.1, 0.15) is 39.4 Å². The summed E-state index contributed by atoms with van der Waals surface area (Å²) in [6.07, 6.45) is -2.92. The zero-order chi connectivity index (χ0) is 29.0. The van der Waals surface area contributed by atoms with E-state index in [1.807, 2.05) is 0 Å². The SMILES string of the molecule is Cc1noc(C)c1C(=O)NC(Cc1ccccc1)C(O)C(=O)N1CC(F)(F)CC1C(=O)NCc1cccc(F)c1. The van der Waals surface area contributed by atoms with Gasteiger partial charge in [-0.25, -0.2) is 13.2 Å². The number of nitrogens with one attached hydrogen (secondary N) is 2. The molecule has 1 aromatic heterocycles. The summed E-state index contributed by atoms with van der Waals surface area (Å²) in [7, 11) is 0. The lowest BCUT2D eigenvalue weighted by atomic mass is 9.99. The Kier molecular flexibility index (Phi) is 8.58. The van der Waals surface area contributed by atoms with E-state index < -0.39 is 60.6 Å². The molecule has 9 nitrogen and oxygen atoms in total. The van der Waals surface area contributed by atoms with E-state index in [0.717, 1.165) is 0 Å². The number of nitrogens with zero attached hydrogens (tertiary/aromatic N) is 2. The van der Waals surface area contributed by atoms with Crippen LogP contribution in [-0.2, 0) is 22.6 Å². The van der Waals surface area contributed by atoms with Gasteiger partial charge in [0, 0.05) is 13.0 Å². The largest absolute Gasteiger partial charge is 0.381 e. The Morgan fingerprint density at radius 2 is 1.82 bits per heavy atom. The summed E-state index contributed by atoms with van der Waals surface area (Å²) in [6.45, 7) is 1.85. The lowest BCUT2D eigenvalue weighted by molar-refractivity contribution is -0.147. The van der Waals surface area contributed by atoms with Crippen molar-refractivity contribution in [1.29, 1.82) is 0 Å². The van der Waals surface area contributed by atoms with Crippen LogP contribution in [0.25, 0.3) is 0 Å². The molecular weight excluding hydrogens is 529 g/mol. The monoisotopic (exact) mass is 558 g/mol. The van der Waals surface area contributed by atoms with E-state index in [0.29, 0.717) is 21.7 Å². The number of amides is 3. The van der Waals surface area contributed by atoms with Crippen molar-refractivity contribution in [3.8, 4) is 0 Å². The number of rotatable bonds is 9. The second-order valence-electron chi connectivity index (χ2n) is 9.80. The van der Waals surface area contributed by atoms with Crippen LogP contribution in [0.15, 0.2) is 59.1 Å². The van der Waals surface area contributed by atoms with Gasteiger partial charge >= 0.3 is 0 Å². The van der Waals surface area contributed by atoms with Gasteiger partial charge in [-0.15, -0.1) is 0 Å². The standard InChI is InChI=1S/C28H29F3N4O5/c1-16-23(17(2)40-34-16)26(38)33-21(12-18-7-4-3-5-8-18)24(36)27(39)35-15-28(30,31)13-22(35)25(37)32-14-19-9-6-10-20(29)11-19/h3-11,21-22,24,36H,12-15H2,1-2H3,(H,32,37)(H,33,38). The molecule has 0 aliphatic carbocycles. The van der Waals surface area contributed by atoms with E-state index in [1.165, 1.54) is 25.1 Å². The fourth-order valence-electron chi connectivity index (χ4n) is 4.74. The Hall–Kier alpha value is -4.19. The summed E-state index contributed by atoms with van der Waals surface area (Å²) in [6, 6.07) is 11.3. The third-order valence-corrected chi connectivity index (χ3v) is 6.72. The molecule has 3 N–H and O–H groups in total. The predicted molar refractivity (Wildman–Crippen MR) is 137 cm³/mol. The molecule has 0 bridgehead atoms. The van der Waals surface area contributed by atoms with Crippen LogP contribution in [-0.4, -0.2) is 63.5 Å². The number of aryl methyl sites for hydroxylation is 2. The van der Waals surface area contributed by atoms with Crippen molar-refractivity contribution in [3.63, 3.8) is 0 Å². The molecule has 212 valence electrons. The Morgan fingerprint density at radius 3 is 2.48 bits per heavy atom. The lowest BCUT2D eigenvalue weighted by Gasteiger charge is -2.30. The molecule has 3 unspecified atom stereocenters. The van der Waals surface area contributed by atoms with Crippen LogP contribution in [0.2, 0.25) is 0 Å². The number of aliphatic hydroxyl groups excluding tert-OH is 1. The molecule has 2 aromatic carbocycles. The molecule has 0 saturated carbocycles. The zero-order valence-electron chi connectivity index (χ0n) is 21.9. The first kappa shape index (κ1) is 28.8. The highest BCUT2D eigenvalue weighted by Crippen LogP contribution is 2.33. The molecule has 40 heavy (non-hydrogen) atoms. The molecule has 3 aromatic rings. The van der Waals surface area contributed by atoms with E-state index in [4.69, 9.17) is 4.52 Å². The molecule has 1 aliphatic heterocycles. The van der Waals surface area contributed by atoms with Gasteiger partial charge in [-0.3, -0.25) is 14.4 Å². The number of hydrogen-bond donors (Lipinski definition) is 3. The maximum atomic E-state index is 14.5. The highest BCUT2D eigenvalue weighted by atomic mass is 19.3. The van der Waals surface area contributed by atoms with Crippen molar-refractivity contribution >= 4 is 17.7 Å². The molecule has 1 fully saturated rings. The predicted octanol–water partition coefficient (Wildman–Crippen LogP) is 2.69. The first-order chi connectivity index (χ1) is 18.9. The highest BCUT2D eigenvalue weighted by molar-refractivity contribution is 5.97. The number of aliphatic hydroxyl groups is 1. The number of carbonyl (C=O) groups is 3. The molecule has 0 radical (unpaired) electrons. The molecule has 12 heteroatoms. The van der Waals surface area contributed by atoms with Crippen LogP contribution in [0.3, 0.4) is 0 Å². The number of aromatic nitrogens is 1. The quantitative estimate of drug-likeness (QED) is 0.371. The molecule has 1 saturated heterocycles. The summed E-state index contributed by atoms with van der Waals surface area (Å²) in [4.78, 5) is 40.0. The molecule has 4 rings (SSSR count). The third kappa shape index (κ3) is 6.68. The first-order valence-corrected chi connectivity index (χ1v) is 12.6. The Bertz CT molecular complexity index is 1360. The van der Waals surface area contributed by atoms with E-state index in [-0.39, 0.29) is 24.3 Å². The van der Waals surface area contributed by atoms with Gasteiger partial charge in [-0.2, -0.15) is 0 Å². The number of halogens is 3. The number of likely N-dealkylation sites (tertiary alicyclic amines) is 1. The minimum Gasteiger partial charge on any atom is -0.381 e. The van der Waals surface area contributed by atoms with Gasteiger partial charge in [-0.05, 0) is 43.5 Å². The molecule has 2 heterocycles. The molecule has 1 aliphatic rings. The molecule has 0 spiro atoms. The zero-order valence-corrected chi connectivity index (χ0v) is 21.9. The topological polar surface area (TPSA) is 125 Å². The molecule has 3 atom stereocenters. The van der Waals surface area contributed by atoms with Gasteiger partial charge < -0.3 is 25.2 Å². The van der Waals surface area contributed by atoms with E-state index in [9.17, 15) is 32.7 Å². The summed E-state index contributed by atoms with van der Waals surface area (Å²) in [5.41, 5.74) is 1.49. The normalized spacial score (nSPS) is 17.8. The fraction of sp³-hybridized carbons (Fsp3) is 0.357. The average Bonchev–Trinajstić information content (AvgIpc) is 3.43. The van der Waals surface area contributed by atoms with Crippen molar-refractivity contribution in [2.45, 2.75) is 57.3 Å². The van der Waals surface area contributed by atoms with Crippen molar-refractivity contribution in [2.75, 3.05) is 6.54 Å². The van der Waals surface area contributed by atoms with Crippen LogP contribution < -0.4 is 10.6 Å². The van der Waals surface area contributed by atoms with Crippen molar-refractivity contribution in [3.05, 3.63) is 88.6 Å². The number of carbonyl (C=O) groups excluding carboxylic acids is 3. The number of benzene rings is 2. The first-order valence-electron chi connectivity index (χ1n) is 12.6. The minimum atomic E-state index is -3.38. The van der Waals surface area contributed by atoms with E-state index in [2.05, 4.69) is 15.8 Å². The minimum absolute atomic E-state index is 0.0104. The Morgan fingerprint density at radius 1 is 1.12 bits per heavy atom. The number of hydrogen-bond acceptors (Lipinski definition) is 6. The van der Waals surface area contributed by atoms with Crippen LogP contribution in [0, 0.1) is 19.7 Å². The maximum absolute atomic E-state index is 14.5. The summed E-state index contributed by atoms with van der Waals surface area (Å²) in [5.74, 6) is -6.36. The van der Waals surface area contributed by atoms with Gasteiger partial charge in [0.1, 0.15) is 23.2 Å². The van der Waals surface area contributed by atoms with Crippen LogP contribution in [0.5, 0.6) is 0 Å². The Labute approximate surface area is 228 Å². The average molecular weight is 559 g/mol. The van der Waals surface area contributed by atoms with Gasteiger partial charge in [0.15, 0.2) is 6.10 Å². The van der Waals surface area contributed by atoms with Gasteiger partial charge in [0.05, 0.1) is 18.3 Å². The van der Waals surface area contributed by atoms with Crippen molar-refractivity contribution < 1.29 is 37.2 Å². The summed E-state index contributed by atoms with van der Waals surface area (Å²) in [5, 5.41) is 19.9. The number of alkyl halides is 2.